The number of dihydropyridines is 1. The number of hydrogen-bond donors (Lipinski definition) is 1. The average Bonchev–Trinajstić information content (AvgIpc) is 2.82. The SMILES string of the molecule is C/C=C\C(=C/C)c1cc(C2=CC=CNC2)c2ccc3cc(C)cc4ccc1c2c34.CC. The summed E-state index contributed by atoms with van der Waals surface area (Å²) in [5.74, 6) is 0. The second kappa shape index (κ2) is 8.81. The zero-order valence-electron chi connectivity index (χ0n) is 19.2. The van der Waals surface area contributed by atoms with E-state index >= 15 is 0 Å². The number of rotatable bonds is 3. The van der Waals surface area contributed by atoms with E-state index in [1.807, 2.05) is 20.0 Å². The molecule has 156 valence electrons. The van der Waals surface area contributed by atoms with Crippen LogP contribution in [0.4, 0.5) is 0 Å². The molecule has 0 aromatic heterocycles. The molecule has 0 fully saturated rings. The molecular weight excluding hydrogens is 374 g/mol. The maximum absolute atomic E-state index is 3.38. The summed E-state index contributed by atoms with van der Waals surface area (Å²) >= 11 is 0. The molecule has 1 aliphatic heterocycles. The van der Waals surface area contributed by atoms with Gasteiger partial charge in [0.05, 0.1) is 0 Å². The van der Waals surface area contributed by atoms with E-state index in [2.05, 4.69) is 98.9 Å². The lowest BCUT2D eigenvalue weighted by molar-refractivity contribution is 0.987. The molecule has 4 aromatic carbocycles. The van der Waals surface area contributed by atoms with Crippen molar-refractivity contribution in [2.75, 3.05) is 6.54 Å². The van der Waals surface area contributed by atoms with Crippen LogP contribution in [0.5, 0.6) is 0 Å². The van der Waals surface area contributed by atoms with Gasteiger partial charge in [0.1, 0.15) is 0 Å². The molecule has 1 nitrogen and oxygen atoms in total. The molecule has 0 spiro atoms. The van der Waals surface area contributed by atoms with Crippen LogP contribution in [-0.2, 0) is 0 Å². The molecule has 1 heterocycles. The fraction of sp³-hybridized carbons (Fsp3) is 0.200. The summed E-state index contributed by atoms with van der Waals surface area (Å²) in [5, 5.41) is 11.5. The van der Waals surface area contributed by atoms with Crippen molar-refractivity contribution in [1.29, 1.82) is 0 Å². The van der Waals surface area contributed by atoms with Gasteiger partial charge in [-0.05, 0) is 99.3 Å². The molecule has 0 amide bonds. The maximum atomic E-state index is 3.38. The second-order valence-corrected chi connectivity index (χ2v) is 7.84. The Labute approximate surface area is 185 Å². The van der Waals surface area contributed by atoms with E-state index in [-0.39, 0.29) is 0 Å². The van der Waals surface area contributed by atoms with Crippen LogP contribution in [0, 0.1) is 6.92 Å². The summed E-state index contributed by atoms with van der Waals surface area (Å²) in [5.41, 5.74) is 6.53. The van der Waals surface area contributed by atoms with Crippen molar-refractivity contribution in [3.05, 3.63) is 95.7 Å². The molecule has 0 unspecified atom stereocenters. The zero-order valence-corrected chi connectivity index (χ0v) is 19.2. The molecule has 0 radical (unpaired) electrons. The third kappa shape index (κ3) is 3.55. The maximum Gasteiger partial charge on any atom is 0.0401 e. The first kappa shape index (κ1) is 20.9. The predicted molar refractivity (Wildman–Crippen MR) is 140 cm³/mol. The minimum Gasteiger partial charge on any atom is -0.387 e. The van der Waals surface area contributed by atoms with E-state index in [4.69, 9.17) is 0 Å². The van der Waals surface area contributed by atoms with Crippen LogP contribution in [0.2, 0.25) is 0 Å². The van der Waals surface area contributed by atoms with Gasteiger partial charge in [-0.1, -0.05) is 74.5 Å². The van der Waals surface area contributed by atoms with Crippen molar-refractivity contribution in [2.24, 2.45) is 0 Å². The van der Waals surface area contributed by atoms with E-state index in [0.717, 1.165) is 6.54 Å². The highest BCUT2D eigenvalue weighted by molar-refractivity contribution is 6.26. The van der Waals surface area contributed by atoms with Crippen LogP contribution in [0.15, 0.2) is 79.0 Å². The summed E-state index contributed by atoms with van der Waals surface area (Å²) in [6.45, 7) is 11.2. The zero-order chi connectivity index (χ0) is 22.0. The predicted octanol–water partition coefficient (Wildman–Crippen LogP) is 8.40. The van der Waals surface area contributed by atoms with Crippen molar-refractivity contribution >= 4 is 43.5 Å². The molecule has 0 saturated carbocycles. The highest BCUT2D eigenvalue weighted by Gasteiger charge is 2.18. The quantitative estimate of drug-likeness (QED) is 0.266. The lowest BCUT2D eigenvalue weighted by atomic mass is 9.84. The van der Waals surface area contributed by atoms with Gasteiger partial charge >= 0.3 is 0 Å². The Kier molecular flexibility index (Phi) is 5.95. The third-order valence-electron chi connectivity index (χ3n) is 5.98. The van der Waals surface area contributed by atoms with Crippen molar-refractivity contribution in [2.45, 2.75) is 34.6 Å². The van der Waals surface area contributed by atoms with E-state index < -0.39 is 0 Å². The van der Waals surface area contributed by atoms with Crippen molar-refractivity contribution in [3.63, 3.8) is 0 Å². The first-order valence-corrected chi connectivity index (χ1v) is 11.3. The minimum atomic E-state index is 0.855. The van der Waals surface area contributed by atoms with Gasteiger partial charge in [0.15, 0.2) is 0 Å². The molecule has 31 heavy (non-hydrogen) atoms. The first-order valence-electron chi connectivity index (χ1n) is 11.3. The van der Waals surface area contributed by atoms with Crippen LogP contribution >= 0.6 is 0 Å². The van der Waals surface area contributed by atoms with Crippen LogP contribution < -0.4 is 5.32 Å². The number of benzene rings is 4. The molecule has 5 rings (SSSR count). The topological polar surface area (TPSA) is 12.0 Å². The van der Waals surface area contributed by atoms with Crippen molar-refractivity contribution < 1.29 is 0 Å². The summed E-state index contributed by atoms with van der Waals surface area (Å²) in [4.78, 5) is 0. The second-order valence-electron chi connectivity index (χ2n) is 7.84. The standard InChI is InChI=1S/C28H25N.C2H6/c1-4-7-19(5-2)25-16-26(22-8-6-13-29-17-22)24-12-10-21-15-18(3)14-20-9-11-23(25)28(24)27(20)21;1-2/h4-16,29H,17H2,1-3H3;1-2H3/b7-4-,19-5+;. The number of aryl methyl sites for hydroxylation is 1. The molecule has 1 heteroatoms. The normalized spacial score (nSPS) is 14.2. The Bertz CT molecular complexity index is 1340. The fourth-order valence-corrected chi connectivity index (χ4v) is 4.74. The monoisotopic (exact) mass is 405 g/mol. The molecule has 0 aliphatic carbocycles. The van der Waals surface area contributed by atoms with E-state index in [1.165, 1.54) is 60.2 Å². The Morgan fingerprint density at radius 1 is 0.903 bits per heavy atom. The largest absolute Gasteiger partial charge is 0.387 e. The Hall–Kier alpha value is -3.32. The average molecular weight is 406 g/mol. The van der Waals surface area contributed by atoms with Gasteiger partial charge in [0.25, 0.3) is 0 Å². The molecule has 0 saturated heterocycles. The van der Waals surface area contributed by atoms with Gasteiger partial charge < -0.3 is 5.32 Å². The highest BCUT2D eigenvalue weighted by atomic mass is 14.8. The molecule has 0 bridgehead atoms. The fourth-order valence-electron chi connectivity index (χ4n) is 4.74. The number of allylic oxidation sites excluding steroid dienone is 6. The van der Waals surface area contributed by atoms with Crippen LogP contribution in [0.1, 0.15) is 44.4 Å². The molecule has 4 aromatic rings. The number of hydrogen-bond acceptors (Lipinski definition) is 1. The van der Waals surface area contributed by atoms with Crippen LogP contribution in [0.3, 0.4) is 0 Å². The summed E-state index contributed by atoms with van der Waals surface area (Å²) < 4.78 is 0. The minimum absolute atomic E-state index is 0.855. The van der Waals surface area contributed by atoms with E-state index in [0.29, 0.717) is 0 Å². The van der Waals surface area contributed by atoms with E-state index in [9.17, 15) is 0 Å². The van der Waals surface area contributed by atoms with Gasteiger partial charge in [0.2, 0.25) is 0 Å². The van der Waals surface area contributed by atoms with E-state index in [1.54, 1.807) is 0 Å². The van der Waals surface area contributed by atoms with Gasteiger partial charge in [-0.3, -0.25) is 0 Å². The Morgan fingerprint density at radius 2 is 1.61 bits per heavy atom. The van der Waals surface area contributed by atoms with Gasteiger partial charge in [0, 0.05) is 6.54 Å². The van der Waals surface area contributed by atoms with Gasteiger partial charge in [-0.25, -0.2) is 0 Å². The van der Waals surface area contributed by atoms with Crippen molar-refractivity contribution in [3.8, 4) is 0 Å². The van der Waals surface area contributed by atoms with Crippen molar-refractivity contribution in [1.82, 2.24) is 5.32 Å². The highest BCUT2D eigenvalue weighted by Crippen LogP contribution is 2.42. The summed E-state index contributed by atoms with van der Waals surface area (Å²) in [6.07, 6.45) is 12.9. The Balaban J connectivity index is 0.00000112. The molecule has 1 N–H and O–H groups in total. The third-order valence-corrected chi connectivity index (χ3v) is 5.98. The summed E-state index contributed by atoms with van der Waals surface area (Å²) in [6, 6.07) is 16.2. The number of nitrogens with one attached hydrogen (secondary N) is 1. The van der Waals surface area contributed by atoms with Gasteiger partial charge in [-0.15, -0.1) is 0 Å². The van der Waals surface area contributed by atoms with Crippen LogP contribution in [0.25, 0.3) is 43.5 Å². The Morgan fingerprint density at radius 3 is 2.23 bits per heavy atom. The molecule has 1 aliphatic rings. The van der Waals surface area contributed by atoms with Crippen LogP contribution in [-0.4, -0.2) is 6.54 Å². The van der Waals surface area contributed by atoms with Gasteiger partial charge in [-0.2, -0.15) is 0 Å². The molecule has 0 atom stereocenters. The molecular formula is C30H31N. The smallest absolute Gasteiger partial charge is 0.0401 e. The lowest BCUT2D eigenvalue weighted by Gasteiger charge is -2.20. The lowest BCUT2D eigenvalue weighted by Crippen LogP contribution is -2.12. The summed E-state index contributed by atoms with van der Waals surface area (Å²) in [7, 11) is 0. The first-order chi connectivity index (χ1) is 15.2.